The molecule has 118 valence electrons. The van der Waals surface area contributed by atoms with Crippen molar-refractivity contribution in [3.8, 4) is 0 Å². The summed E-state index contributed by atoms with van der Waals surface area (Å²) in [5.74, 6) is 2.88. The maximum Gasteiger partial charge on any atom is 0.166 e. The lowest BCUT2D eigenvalue weighted by atomic mass is 9.53. The van der Waals surface area contributed by atoms with Crippen molar-refractivity contribution in [2.45, 2.75) is 81.8 Å². The van der Waals surface area contributed by atoms with Gasteiger partial charge in [0.15, 0.2) is 5.11 Å². The molecule has 0 unspecified atom stereocenters. The molecule has 4 N–H and O–H groups in total. The van der Waals surface area contributed by atoms with E-state index in [0.29, 0.717) is 11.6 Å². The van der Waals surface area contributed by atoms with Crippen LogP contribution in [0.1, 0.15) is 64.2 Å². The van der Waals surface area contributed by atoms with E-state index in [9.17, 15) is 0 Å². The molecule has 3 nitrogen and oxygen atoms in total. The Balaban J connectivity index is 1.38. The fourth-order valence-corrected chi connectivity index (χ4v) is 6.42. The molecule has 0 aromatic carbocycles. The van der Waals surface area contributed by atoms with Crippen molar-refractivity contribution in [1.82, 2.24) is 10.6 Å². The van der Waals surface area contributed by atoms with Crippen LogP contribution in [-0.2, 0) is 0 Å². The van der Waals surface area contributed by atoms with Gasteiger partial charge < -0.3 is 16.4 Å². The summed E-state index contributed by atoms with van der Waals surface area (Å²) in [5, 5.41) is 8.17. The second-order valence-corrected chi connectivity index (χ2v) is 8.76. The standard InChI is InChI=1S/C17H29N3S/c18-14-3-1-2-4-15(14)19-16(21)20-17-8-11-5-12(9-17)7-13(6-11)10-17/h11-15H,1-10,18H2,(H2,19,20,21)/t11?,12?,13?,14-,15-,17?/m1/s1. The molecule has 0 heterocycles. The second-order valence-electron chi connectivity index (χ2n) is 8.35. The molecule has 5 aliphatic rings. The molecule has 0 radical (unpaired) electrons. The van der Waals surface area contributed by atoms with Gasteiger partial charge >= 0.3 is 0 Å². The number of nitrogens with two attached hydrogens (primary N) is 1. The van der Waals surface area contributed by atoms with E-state index in [-0.39, 0.29) is 6.04 Å². The summed E-state index contributed by atoms with van der Waals surface area (Å²) in [7, 11) is 0. The Kier molecular flexibility index (Phi) is 3.65. The number of hydrogen-bond acceptors (Lipinski definition) is 2. The molecule has 0 amide bonds. The molecule has 5 saturated carbocycles. The quantitative estimate of drug-likeness (QED) is 0.687. The van der Waals surface area contributed by atoms with Gasteiger partial charge in [0.25, 0.3) is 0 Å². The molecule has 0 aromatic rings. The molecule has 21 heavy (non-hydrogen) atoms. The Morgan fingerprint density at radius 3 is 2.10 bits per heavy atom. The van der Waals surface area contributed by atoms with Crippen molar-refractivity contribution in [3.05, 3.63) is 0 Å². The van der Waals surface area contributed by atoms with Crippen LogP contribution in [0.15, 0.2) is 0 Å². The van der Waals surface area contributed by atoms with Gasteiger partial charge in [-0.15, -0.1) is 0 Å². The summed E-state index contributed by atoms with van der Waals surface area (Å²) in [5.41, 5.74) is 6.56. The molecule has 0 spiro atoms. The second kappa shape index (κ2) is 5.38. The SMILES string of the molecule is N[C@@H]1CCCC[C@H]1NC(=S)NC12CC3CC(CC(C3)C1)C2. The summed E-state index contributed by atoms with van der Waals surface area (Å²) in [6, 6.07) is 0.655. The third-order valence-electron chi connectivity index (χ3n) is 6.55. The van der Waals surface area contributed by atoms with Crippen LogP contribution in [0.2, 0.25) is 0 Å². The van der Waals surface area contributed by atoms with Crippen LogP contribution in [0.25, 0.3) is 0 Å². The van der Waals surface area contributed by atoms with Crippen molar-refractivity contribution in [1.29, 1.82) is 0 Å². The Morgan fingerprint density at radius 1 is 0.952 bits per heavy atom. The van der Waals surface area contributed by atoms with E-state index < -0.39 is 0 Å². The highest BCUT2D eigenvalue weighted by molar-refractivity contribution is 7.80. The minimum Gasteiger partial charge on any atom is -0.358 e. The van der Waals surface area contributed by atoms with E-state index in [1.54, 1.807) is 0 Å². The number of thiocarbonyl (C=S) groups is 1. The maximum absolute atomic E-state index is 6.24. The monoisotopic (exact) mass is 307 g/mol. The zero-order valence-corrected chi connectivity index (χ0v) is 13.8. The fourth-order valence-electron chi connectivity index (χ4n) is 6.05. The van der Waals surface area contributed by atoms with E-state index in [0.717, 1.165) is 29.3 Å². The number of nitrogens with one attached hydrogen (secondary N) is 2. The van der Waals surface area contributed by atoms with Crippen LogP contribution in [0.5, 0.6) is 0 Å². The predicted octanol–water partition coefficient (Wildman–Crippen LogP) is 2.69. The number of rotatable bonds is 2. The molecule has 5 fully saturated rings. The lowest BCUT2D eigenvalue weighted by Gasteiger charge is -2.57. The summed E-state index contributed by atoms with van der Waals surface area (Å²) >= 11 is 5.65. The Hall–Kier alpha value is -0.350. The van der Waals surface area contributed by atoms with Crippen LogP contribution >= 0.6 is 12.2 Å². The predicted molar refractivity (Wildman–Crippen MR) is 90.0 cm³/mol. The van der Waals surface area contributed by atoms with Crippen LogP contribution in [0.4, 0.5) is 0 Å². The average molecular weight is 308 g/mol. The molecular weight excluding hydrogens is 278 g/mol. The summed E-state index contributed by atoms with van der Waals surface area (Å²) in [4.78, 5) is 0. The molecule has 0 aliphatic heterocycles. The van der Waals surface area contributed by atoms with Gasteiger partial charge in [-0.2, -0.15) is 0 Å². The van der Waals surface area contributed by atoms with Crippen LogP contribution in [0.3, 0.4) is 0 Å². The molecule has 0 saturated heterocycles. The van der Waals surface area contributed by atoms with Gasteiger partial charge in [-0.05, 0) is 81.3 Å². The molecule has 2 atom stereocenters. The summed E-state index contributed by atoms with van der Waals surface area (Å²) in [6.45, 7) is 0. The molecule has 5 rings (SSSR count). The van der Waals surface area contributed by atoms with Crippen LogP contribution in [-0.4, -0.2) is 22.7 Å². The molecule has 4 bridgehead atoms. The van der Waals surface area contributed by atoms with Gasteiger partial charge in [0.2, 0.25) is 0 Å². The molecular formula is C17H29N3S. The third-order valence-corrected chi connectivity index (χ3v) is 6.77. The first-order chi connectivity index (χ1) is 10.1. The third kappa shape index (κ3) is 2.81. The molecule has 4 heteroatoms. The lowest BCUT2D eigenvalue weighted by molar-refractivity contribution is -0.0102. The first-order valence-electron chi connectivity index (χ1n) is 8.96. The van der Waals surface area contributed by atoms with Gasteiger partial charge in [-0.3, -0.25) is 0 Å². The minimum atomic E-state index is 0.273. The average Bonchev–Trinajstić information content (AvgIpc) is 2.39. The van der Waals surface area contributed by atoms with Crippen molar-refractivity contribution in [2.24, 2.45) is 23.5 Å². The van der Waals surface area contributed by atoms with Gasteiger partial charge in [0.05, 0.1) is 0 Å². The topological polar surface area (TPSA) is 50.1 Å². The van der Waals surface area contributed by atoms with Crippen molar-refractivity contribution in [3.63, 3.8) is 0 Å². The summed E-state index contributed by atoms with van der Waals surface area (Å²) < 4.78 is 0. The first-order valence-corrected chi connectivity index (χ1v) is 9.37. The summed E-state index contributed by atoms with van der Waals surface area (Å²) in [6.07, 6.45) is 13.3. The van der Waals surface area contributed by atoms with E-state index >= 15 is 0 Å². The maximum atomic E-state index is 6.24. The highest BCUT2D eigenvalue weighted by atomic mass is 32.1. The van der Waals surface area contributed by atoms with Crippen molar-refractivity contribution < 1.29 is 0 Å². The fraction of sp³-hybridized carbons (Fsp3) is 0.941. The van der Waals surface area contributed by atoms with Crippen molar-refractivity contribution in [2.75, 3.05) is 0 Å². The van der Waals surface area contributed by atoms with Crippen molar-refractivity contribution >= 4 is 17.3 Å². The van der Waals surface area contributed by atoms with Crippen LogP contribution in [0, 0.1) is 17.8 Å². The Morgan fingerprint density at radius 2 is 1.52 bits per heavy atom. The Labute approximate surface area is 133 Å². The van der Waals surface area contributed by atoms with Gasteiger partial charge in [-0.25, -0.2) is 0 Å². The molecule has 0 aromatic heterocycles. The van der Waals surface area contributed by atoms with Crippen LogP contribution < -0.4 is 16.4 Å². The number of hydrogen-bond donors (Lipinski definition) is 3. The Bertz CT molecular complexity index is 387. The zero-order valence-electron chi connectivity index (χ0n) is 12.9. The lowest BCUT2D eigenvalue weighted by Crippen LogP contribution is -2.63. The normalized spacial score (nSPS) is 48.1. The first kappa shape index (κ1) is 14.3. The van der Waals surface area contributed by atoms with E-state index in [1.165, 1.54) is 57.8 Å². The molecule has 5 aliphatic carbocycles. The largest absolute Gasteiger partial charge is 0.358 e. The highest BCUT2D eigenvalue weighted by Crippen LogP contribution is 2.55. The van der Waals surface area contributed by atoms with Gasteiger partial charge in [0.1, 0.15) is 0 Å². The smallest absolute Gasteiger partial charge is 0.166 e. The van der Waals surface area contributed by atoms with E-state index in [2.05, 4.69) is 10.6 Å². The van der Waals surface area contributed by atoms with E-state index in [1.807, 2.05) is 0 Å². The van der Waals surface area contributed by atoms with Gasteiger partial charge in [-0.1, -0.05) is 12.8 Å². The zero-order chi connectivity index (χ0) is 14.4. The highest BCUT2D eigenvalue weighted by Gasteiger charge is 2.51. The minimum absolute atomic E-state index is 0.273. The van der Waals surface area contributed by atoms with E-state index in [4.69, 9.17) is 18.0 Å². The van der Waals surface area contributed by atoms with Gasteiger partial charge in [0, 0.05) is 17.6 Å².